The molecule has 0 amide bonds. The molecule has 0 aromatic carbocycles. The van der Waals surface area contributed by atoms with Crippen molar-refractivity contribution in [3.8, 4) is 0 Å². The van der Waals surface area contributed by atoms with Gasteiger partial charge in [-0.05, 0) is 38.8 Å². The highest BCUT2D eigenvalue weighted by molar-refractivity contribution is 5.78. The lowest BCUT2D eigenvalue weighted by molar-refractivity contribution is 0.397. The van der Waals surface area contributed by atoms with Crippen molar-refractivity contribution in [2.24, 2.45) is 16.6 Å². The van der Waals surface area contributed by atoms with Crippen LogP contribution in [0.5, 0.6) is 0 Å². The maximum absolute atomic E-state index is 5.99. The third kappa shape index (κ3) is 4.48. The summed E-state index contributed by atoms with van der Waals surface area (Å²) in [5.74, 6) is 1.36. The van der Waals surface area contributed by atoms with Gasteiger partial charge in [0.05, 0.1) is 0 Å². The van der Waals surface area contributed by atoms with Crippen LogP contribution in [-0.4, -0.2) is 43.6 Å². The molecule has 0 radical (unpaired) electrons. The molecule has 1 heterocycles. The fourth-order valence-electron chi connectivity index (χ4n) is 3.08. The van der Waals surface area contributed by atoms with E-state index in [0.717, 1.165) is 6.54 Å². The van der Waals surface area contributed by atoms with E-state index in [1.54, 1.807) is 0 Å². The minimum atomic E-state index is 0.558. The van der Waals surface area contributed by atoms with Gasteiger partial charge in [0, 0.05) is 19.1 Å². The quantitative estimate of drug-likeness (QED) is 0.455. The monoisotopic (exact) mass is 252 g/mol. The number of rotatable bonds is 3. The maximum Gasteiger partial charge on any atom is 0.188 e. The van der Waals surface area contributed by atoms with E-state index < -0.39 is 0 Å². The summed E-state index contributed by atoms with van der Waals surface area (Å²) in [4.78, 5) is 6.89. The van der Waals surface area contributed by atoms with Gasteiger partial charge in [-0.25, -0.2) is 0 Å². The number of aliphatic imine (C=N–C) groups is 1. The number of guanidine groups is 1. The molecule has 104 valence electrons. The molecule has 4 nitrogen and oxygen atoms in total. The molecule has 18 heavy (non-hydrogen) atoms. The Morgan fingerprint density at radius 2 is 1.94 bits per heavy atom. The molecule has 0 bridgehead atoms. The third-order valence-electron chi connectivity index (χ3n) is 4.22. The van der Waals surface area contributed by atoms with Crippen LogP contribution in [0.15, 0.2) is 4.99 Å². The topological polar surface area (TPSA) is 53.6 Å². The first-order valence-corrected chi connectivity index (χ1v) is 7.49. The van der Waals surface area contributed by atoms with E-state index in [-0.39, 0.29) is 0 Å². The van der Waals surface area contributed by atoms with E-state index in [2.05, 4.69) is 22.3 Å². The second-order valence-corrected chi connectivity index (χ2v) is 5.98. The van der Waals surface area contributed by atoms with Crippen LogP contribution in [0.4, 0.5) is 0 Å². The highest BCUT2D eigenvalue weighted by Gasteiger charge is 2.19. The summed E-state index contributed by atoms with van der Waals surface area (Å²) in [5, 5.41) is 3.41. The lowest BCUT2D eigenvalue weighted by Crippen LogP contribution is -2.40. The van der Waals surface area contributed by atoms with Crippen molar-refractivity contribution >= 4 is 5.96 Å². The van der Waals surface area contributed by atoms with Gasteiger partial charge in [0.15, 0.2) is 5.96 Å². The van der Waals surface area contributed by atoms with Crippen molar-refractivity contribution in [3.63, 3.8) is 0 Å². The Kier molecular flexibility index (Phi) is 5.29. The minimum Gasteiger partial charge on any atom is -0.370 e. The Morgan fingerprint density at radius 1 is 1.22 bits per heavy atom. The van der Waals surface area contributed by atoms with Gasteiger partial charge in [-0.3, -0.25) is 4.99 Å². The summed E-state index contributed by atoms with van der Waals surface area (Å²) in [7, 11) is 2.18. The van der Waals surface area contributed by atoms with E-state index in [1.165, 1.54) is 58.0 Å². The van der Waals surface area contributed by atoms with Crippen molar-refractivity contribution < 1.29 is 0 Å². The standard InChI is InChI=1S/C14H28N4/c1-18-9-8-12(11-18)10-16-14(15)17-13-6-4-2-3-5-7-13/h12-13H,2-11H2,1H3,(H3,15,16,17). The van der Waals surface area contributed by atoms with Crippen LogP contribution >= 0.6 is 0 Å². The van der Waals surface area contributed by atoms with Crippen LogP contribution in [0.3, 0.4) is 0 Å². The molecule has 2 rings (SSSR count). The molecule has 0 aromatic rings. The van der Waals surface area contributed by atoms with E-state index in [9.17, 15) is 0 Å². The Bertz CT molecular complexity index is 269. The summed E-state index contributed by atoms with van der Waals surface area (Å²) in [6.45, 7) is 3.26. The van der Waals surface area contributed by atoms with Crippen LogP contribution in [-0.2, 0) is 0 Å². The van der Waals surface area contributed by atoms with Gasteiger partial charge in [0.2, 0.25) is 0 Å². The first kappa shape index (κ1) is 13.7. The van der Waals surface area contributed by atoms with E-state index in [0.29, 0.717) is 17.9 Å². The molecule has 1 aliphatic carbocycles. The van der Waals surface area contributed by atoms with Crippen LogP contribution in [0, 0.1) is 5.92 Å². The van der Waals surface area contributed by atoms with Crippen molar-refractivity contribution in [1.29, 1.82) is 0 Å². The predicted molar refractivity (Wildman–Crippen MR) is 76.7 cm³/mol. The van der Waals surface area contributed by atoms with Gasteiger partial charge in [0.1, 0.15) is 0 Å². The number of nitrogens with zero attached hydrogens (tertiary/aromatic N) is 2. The SMILES string of the molecule is CN1CCC(CN=C(N)NC2CCCCCC2)C1. The molecule has 1 atom stereocenters. The zero-order valence-electron chi connectivity index (χ0n) is 11.7. The Morgan fingerprint density at radius 3 is 2.56 bits per heavy atom. The van der Waals surface area contributed by atoms with Crippen LogP contribution in [0.1, 0.15) is 44.9 Å². The van der Waals surface area contributed by atoms with Gasteiger partial charge in [-0.1, -0.05) is 25.7 Å². The van der Waals surface area contributed by atoms with Gasteiger partial charge >= 0.3 is 0 Å². The predicted octanol–water partition coefficient (Wildman–Crippen LogP) is 1.57. The number of likely N-dealkylation sites (tertiary alicyclic amines) is 1. The normalized spacial score (nSPS) is 28.3. The van der Waals surface area contributed by atoms with Gasteiger partial charge in [-0.15, -0.1) is 0 Å². The van der Waals surface area contributed by atoms with Gasteiger partial charge < -0.3 is 16.0 Å². The van der Waals surface area contributed by atoms with E-state index in [1.807, 2.05) is 0 Å². The fraction of sp³-hybridized carbons (Fsp3) is 0.929. The molecular weight excluding hydrogens is 224 g/mol. The molecule has 4 heteroatoms. The molecule has 1 unspecified atom stereocenters. The first-order chi connectivity index (χ1) is 8.74. The van der Waals surface area contributed by atoms with Crippen LogP contribution in [0.25, 0.3) is 0 Å². The smallest absolute Gasteiger partial charge is 0.188 e. The van der Waals surface area contributed by atoms with Crippen molar-refractivity contribution in [2.45, 2.75) is 51.0 Å². The molecule has 2 fully saturated rings. The number of hydrogen-bond donors (Lipinski definition) is 2. The molecule has 1 saturated carbocycles. The second kappa shape index (κ2) is 6.98. The molecular formula is C14H28N4. The molecule has 3 N–H and O–H groups in total. The average Bonchev–Trinajstić information content (AvgIpc) is 2.60. The Balaban J connectivity index is 1.70. The highest BCUT2D eigenvalue weighted by atomic mass is 15.1. The van der Waals surface area contributed by atoms with Crippen molar-refractivity contribution in [1.82, 2.24) is 10.2 Å². The van der Waals surface area contributed by atoms with Crippen LogP contribution in [0.2, 0.25) is 0 Å². The van der Waals surface area contributed by atoms with Gasteiger partial charge in [-0.2, -0.15) is 0 Å². The van der Waals surface area contributed by atoms with Crippen molar-refractivity contribution in [3.05, 3.63) is 0 Å². The third-order valence-corrected chi connectivity index (χ3v) is 4.22. The second-order valence-electron chi connectivity index (χ2n) is 5.98. The molecule has 1 saturated heterocycles. The summed E-state index contributed by atoms with van der Waals surface area (Å²) in [5.41, 5.74) is 5.99. The average molecular weight is 252 g/mol. The highest BCUT2D eigenvalue weighted by Crippen LogP contribution is 2.17. The van der Waals surface area contributed by atoms with Gasteiger partial charge in [0.25, 0.3) is 0 Å². The summed E-state index contributed by atoms with van der Waals surface area (Å²) in [6.07, 6.45) is 9.19. The van der Waals surface area contributed by atoms with Crippen LogP contribution < -0.4 is 11.1 Å². The van der Waals surface area contributed by atoms with E-state index >= 15 is 0 Å². The zero-order valence-corrected chi connectivity index (χ0v) is 11.7. The number of nitrogens with one attached hydrogen (secondary N) is 1. The Hall–Kier alpha value is -0.770. The Labute approximate surface area is 111 Å². The van der Waals surface area contributed by atoms with Crippen molar-refractivity contribution in [2.75, 3.05) is 26.7 Å². The summed E-state index contributed by atoms with van der Waals surface area (Å²) >= 11 is 0. The molecule has 0 aromatic heterocycles. The maximum atomic E-state index is 5.99. The molecule has 2 aliphatic rings. The van der Waals surface area contributed by atoms with E-state index in [4.69, 9.17) is 5.73 Å². The summed E-state index contributed by atoms with van der Waals surface area (Å²) in [6, 6.07) is 0.558. The zero-order chi connectivity index (χ0) is 12.8. The largest absolute Gasteiger partial charge is 0.370 e. The minimum absolute atomic E-state index is 0.558. The molecule has 1 aliphatic heterocycles. The number of nitrogens with two attached hydrogens (primary N) is 1. The fourth-order valence-corrected chi connectivity index (χ4v) is 3.08. The lowest BCUT2D eigenvalue weighted by atomic mass is 10.1. The number of hydrogen-bond acceptors (Lipinski definition) is 2. The molecule has 0 spiro atoms. The summed E-state index contributed by atoms with van der Waals surface area (Å²) < 4.78 is 0. The lowest BCUT2D eigenvalue weighted by Gasteiger charge is -2.17. The first-order valence-electron chi connectivity index (χ1n) is 7.49.